The van der Waals surface area contributed by atoms with Gasteiger partial charge in [0.15, 0.2) is 11.6 Å². The zero-order valence-electron chi connectivity index (χ0n) is 16.7. The summed E-state index contributed by atoms with van der Waals surface area (Å²) in [5, 5.41) is 3.25. The molecule has 0 aliphatic carbocycles. The van der Waals surface area contributed by atoms with Gasteiger partial charge in [-0.1, -0.05) is 23.7 Å². The van der Waals surface area contributed by atoms with E-state index in [-0.39, 0.29) is 23.7 Å². The van der Waals surface area contributed by atoms with Crippen molar-refractivity contribution in [2.45, 2.75) is 12.6 Å². The first-order valence-electron chi connectivity index (χ1n) is 9.64. The van der Waals surface area contributed by atoms with E-state index in [1.165, 1.54) is 24.5 Å². The van der Waals surface area contributed by atoms with Crippen LogP contribution in [0.1, 0.15) is 20.7 Å². The molecule has 0 saturated heterocycles. The lowest BCUT2D eigenvalue weighted by atomic mass is 10.0. The monoisotopic (exact) mass is 449 g/mol. The lowest BCUT2D eigenvalue weighted by molar-refractivity contribution is 0.0847. The van der Waals surface area contributed by atoms with E-state index >= 15 is 0 Å². The Morgan fingerprint density at radius 2 is 1.81 bits per heavy atom. The lowest BCUT2D eigenvalue weighted by Gasteiger charge is -2.18. The van der Waals surface area contributed by atoms with E-state index in [0.717, 1.165) is 0 Å². The predicted octanol–water partition coefficient (Wildman–Crippen LogP) is 3.81. The summed E-state index contributed by atoms with van der Waals surface area (Å²) < 4.78 is 15.1. The third kappa shape index (κ3) is 5.04. The summed E-state index contributed by atoms with van der Waals surface area (Å²) in [7, 11) is 0. The molecule has 0 radical (unpaired) electrons. The van der Waals surface area contributed by atoms with Crippen LogP contribution in [-0.2, 0) is 6.54 Å². The van der Waals surface area contributed by atoms with Gasteiger partial charge in [-0.25, -0.2) is 19.3 Å². The van der Waals surface area contributed by atoms with Crippen LogP contribution in [0.4, 0.5) is 4.39 Å². The van der Waals surface area contributed by atoms with Gasteiger partial charge in [-0.15, -0.1) is 0 Å². The Labute approximate surface area is 187 Å². The fraction of sp³-hybridized carbons (Fsp3) is 0.0870. The van der Waals surface area contributed by atoms with Crippen molar-refractivity contribution < 1.29 is 14.0 Å². The van der Waals surface area contributed by atoms with E-state index < -0.39 is 17.8 Å². The average Bonchev–Trinajstić information content (AvgIpc) is 3.32. The highest BCUT2D eigenvalue weighted by atomic mass is 35.5. The van der Waals surface area contributed by atoms with Crippen molar-refractivity contribution in [3.63, 3.8) is 0 Å². The minimum atomic E-state index is -0.860. The Morgan fingerprint density at radius 1 is 1.06 bits per heavy atom. The molecule has 160 valence electrons. The summed E-state index contributed by atoms with van der Waals surface area (Å²) in [6.45, 7) is 0.190. The molecule has 1 unspecified atom stereocenters. The number of halogens is 2. The minimum absolute atomic E-state index is 0.171. The van der Waals surface area contributed by atoms with Gasteiger partial charge in [0.05, 0.1) is 18.4 Å². The fourth-order valence-corrected chi connectivity index (χ4v) is 3.20. The molecular formula is C23H17ClFN5O2. The molecule has 1 atom stereocenters. The van der Waals surface area contributed by atoms with Crippen LogP contribution in [0.3, 0.4) is 0 Å². The van der Waals surface area contributed by atoms with Gasteiger partial charge in [0.1, 0.15) is 11.9 Å². The van der Waals surface area contributed by atoms with Crippen molar-refractivity contribution in [2.75, 3.05) is 0 Å². The molecule has 1 amide bonds. The fourth-order valence-electron chi connectivity index (χ4n) is 3.08. The molecule has 0 saturated carbocycles. The zero-order chi connectivity index (χ0) is 22.5. The highest BCUT2D eigenvalue weighted by Gasteiger charge is 2.24. The molecule has 2 heterocycles. The van der Waals surface area contributed by atoms with Crippen molar-refractivity contribution >= 4 is 23.3 Å². The summed E-state index contributed by atoms with van der Waals surface area (Å²) in [6, 6.07) is 11.4. The van der Waals surface area contributed by atoms with E-state index in [9.17, 15) is 14.0 Å². The average molecular weight is 450 g/mol. The number of aromatic nitrogens is 4. The van der Waals surface area contributed by atoms with E-state index in [1.807, 2.05) is 0 Å². The van der Waals surface area contributed by atoms with Crippen LogP contribution in [0.5, 0.6) is 0 Å². The second kappa shape index (κ2) is 9.49. The molecule has 0 spiro atoms. The number of imidazole rings is 1. The summed E-state index contributed by atoms with van der Waals surface area (Å²) in [4.78, 5) is 38.2. The van der Waals surface area contributed by atoms with E-state index in [2.05, 4.69) is 20.3 Å². The number of carbonyl (C=O) groups excluding carboxylic acids is 2. The second-order valence-electron chi connectivity index (χ2n) is 6.96. The molecule has 9 heteroatoms. The minimum Gasteiger partial charge on any atom is -0.340 e. The number of benzene rings is 2. The first-order chi connectivity index (χ1) is 15.5. The van der Waals surface area contributed by atoms with Crippen molar-refractivity contribution in [1.82, 2.24) is 24.8 Å². The van der Waals surface area contributed by atoms with Crippen LogP contribution in [0.15, 0.2) is 79.6 Å². The third-order valence-corrected chi connectivity index (χ3v) is 4.95. The van der Waals surface area contributed by atoms with Gasteiger partial charge in [-0.05, 0) is 36.4 Å². The molecule has 2 aromatic heterocycles. The number of nitrogens with zero attached hydrogens (tertiary/aromatic N) is 4. The highest BCUT2D eigenvalue weighted by molar-refractivity contribution is 6.30. The van der Waals surface area contributed by atoms with E-state index in [1.54, 1.807) is 59.7 Å². The van der Waals surface area contributed by atoms with Crippen molar-refractivity contribution in [1.29, 1.82) is 0 Å². The van der Waals surface area contributed by atoms with Gasteiger partial charge < -0.3 is 9.88 Å². The molecule has 7 nitrogen and oxygen atoms in total. The zero-order valence-corrected chi connectivity index (χ0v) is 17.4. The highest BCUT2D eigenvalue weighted by Crippen LogP contribution is 2.16. The lowest BCUT2D eigenvalue weighted by Crippen LogP contribution is -2.43. The van der Waals surface area contributed by atoms with Crippen LogP contribution in [0.25, 0.3) is 11.4 Å². The molecule has 32 heavy (non-hydrogen) atoms. The molecule has 0 aliphatic rings. The standard InChI is InChI=1S/C23H17ClFN5O2/c24-18-6-4-15(5-7-18)21(31)20(13-30-9-8-26-14-30)29-23(32)17-11-27-22(28-12-17)16-2-1-3-19(25)10-16/h1-12,14,20H,13H2,(H,29,32). The summed E-state index contributed by atoms with van der Waals surface area (Å²) in [5.74, 6) is -0.909. The number of hydrogen-bond donors (Lipinski definition) is 1. The Bertz CT molecular complexity index is 1230. The Kier molecular flexibility index (Phi) is 6.32. The Morgan fingerprint density at radius 3 is 2.47 bits per heavy atom. The van der Waals surface area contributed by atoms with Gasteiger partial charge in [0.2, 0.25) is 0 Å². The number of amides is 1. The largest absolute Gasteiger partial charge is 0.340 e. The van der Waals surface area contributed by atoms with Crippen LogP contribution in [0, 0.1) is 5.82 Å². The van der Waals surface area contributed by atoms with Crippen LogP contribution >= 0.6 is 11.6 Å². The SMILES string of the molecule is O=C(NC(Cn1ccnc1)C(=O)c1ccc(Cl)cc1)c1cnc(-c2cccc(F)c2)nc1. The van der Waals surface area contributed by atoms with Crippen molar-refractivity contribution in [3.05, 3.63) is 102 Å². The van der Waals surface area contributed by atoms with Crippen LogP contribution < -0.4 is 5.32 Å². The quantitative estimate of drug-likeness (QED) is 0.433. The van der Waals surface area contributed by atoms with Gasteiger partial charge in [-0.2, -0.15) is 0 Å². The maximum Gasteiger partial charge on any atom is 0.255 e. The number of rotatable bonds is 7. The van der Waals surface area contributed by atoms with E-state index in [0.29, 0.717) is 16.1 Å². The molecule has 0 fully saturated rings. The molecule has 0 bridgehead atoms. The smallest absolute Gasteiger partial charge is 0.255 e. The van der Waals surface area contributed by atoms with Gasteiger partial charge in [-0.3, -0.25) is 9.59 Å². The summed E-state index contributed by atoms with van der Waals surface area (Å²) in [6.07, 6.45) is 7.52. The van der Waals surface area contributed by atoms with Crippen LogP contribution in [-0.4, -0.2) is 37.3 Å². The van der Waals surface area contributed by atoms with Gasteiger partial charge in [0, 0.05) is 40.9 Å². The van der Waals surface area contributed by atoms with Crippen molar-refractivity contribution in [3.8, 4) is 11.4 Å². The maximum absolute atomic E-state index is 13.4. The second-order valence-corrected chi connectivity index (χ2v) is 7.40. The third-order valence-electron chi connectivity index (χ3n) is 4.70. The summed E-state index contributed by atoms with van der Waals surface area (Å²) in [5.41, 5.74) is 1.08. The molecule has 4 aromatic rings. The van der Waals surface area contributed by atoms with Crippen LogP contribution in [0.2, 0.25) is 5.02 Å². The number of hydrogen-bond acceptors (Lipinski definition) is 5. The number of ketones is 1. The van der Waals surface area contributed by atoms with Gasteiger partial charge >= 0.3 is 0 Å². The first-order valence-corrected chi connectivity index (χ1v) is 10.0. The van der Waals surface area contributed by atoms with E-state index in [4.69, 9.17) is 11.6 Å². The number of nitrogens with one attached hydrogen (secondary N) is 1. The number of Topliss-reactive ketones (excluding diaryl/α,β-unsaturated/α-hetero) is 1. The van der Waals surface area contributed by atoms with Crippen molar-refractivity contribution in [2.24, 2.45) is 0 Å². The van der Waals surface area contributed by atoms with Gasteiger partial charge in [0.25, 0.3) is 5.91 Å². The predicted molar refractivity (Wildman–Crippen MR) is 117 cm³/mol. The molecule has 0 aliphatic heterocycles. The molecule has 2 aromatic carbocycles. The number of carbonyl (C=O) groups is 2. The topological polar surface area (TPSA) is 89.8 Å². The summed E-state index contributed by atoms with van der Waals surface area (Å²) >= 11 is 5.91. The first kappa shape index (κ1) is 21.3. The molecular weight excluding hydrogens is 433 g/mol. The Hall–Kier alpha value is -3.91. The normalized spacial score (nSPS) is 11.7. The molecule has 1 N–H and O–H groups in total. The maximum atomic E-state index is 13.4. The molecule has 4 rings (SSSR count). The Balaban J connectivity index is 1.54.